The van der Waals surface area contributed by atoms with E-state index in [0.717, 1.165) is 11.3 Å². The van der Waals surface area contributed by atoms with Crippen molar-refractivity contribution in [2.24, 2.45) is 0 Å². The standard InChI is InChI=1S/C6H9N3O/c1-4-5(2)8-9-6(4)7-3-10/h3H,1-2H3,(H2,7,8,9,10). The molecule has 1 heterocycles. The third kappa shape index (κ3) is 1.00. The number of anilines is 1. The number of nitrogens with one attached hydrogen (secondary N) is 2. The summed E-state index contributed by atoms with van der Waals surface area (Å²) >= 11 is 0. The average Bonchev–Trinajstić information content (AvgIpc) is 2.20. The van der Waals surface area contributed by atoms with E-state index in [1.165, 1.54) is 0 Å². The molecule has 1 aromatic rings. The van der Waals surface area contributed by atoms with Crippen molar-refractivity contribution < 1.29 is 4.79 Å². The van der Waals surface area contributed by atoms with Crippen molar-refractivity contribution in [1.29, 1.82) is 0 Å². The van der Waals surface area contributed by atoms with Crippen molar-refractivity contribution in [3.63, 3.8) is 0 Å². The lowest BCUT2D eigenvalue weighted by atomic mass is 10.3. The molecular formula is C6H9N3O. The summed E-state index contributed by atoms with van der Waals surface area (Å²) in [5.74, 6) is 0.604. The normalized spacial score (nSPS) is 9.40. The Morgan fingerprint density at radius 1 is 1.60 bits per heavy atom. The predicted molar refractivity (Wildman–Crippen MR) is 37.7 cm³/mol. The zero-order chi connectivity index (χ0) is 7.56. The van der Waals surface area contributed by atoms with Crippen LogP contribution >= 0.6 is 0 Å². The van der Waals surface area contributed by atoms with Gasteiger partial charge in [0, 0.05) is 11.3 Å². The van der Waals surface area contributed by atoms with Gasteiger partial charge in [-0.2, -0.15) is 5.10 Å². The molecule has 2 N–H and O–H groups in total. The number of aromatic amines is 1. The van der Waals surface area contributed by atoms with Crippen LogP contribution in [0.3, 0.4) is 0 Å². The Balaban J connectivity index is 2.93. The van der Waals surface area contributed by atoms with E-state index in [4.69, 9.17) is 0 Å². The number of aryl methyl sites for hydroxylation is 1. The number of carbonyl (C=O) groups excluding carboxylic acids is 1. The number of hydrogen-bond acceptors (Lipinski definition) is 2. The fourth-order valence-corrected chi connectivity index (χ4v) is 0.681. The van der Waals surface area contributed by atoms with Crippen molar-refractivity contribution in [2.75, 3.05) is 5.32 Å². The maximum Gasteiger partial charge on any atom is 0.212 e. The van der Waals surface area contributed by atoms with E-state index in [1.54, 1.807) is 0 Å². The lowest BCUT2D eigenvalue weighted by molar-refractivity contribution is -0.105. The lowest BCUT2D eigenvalue weighted by Crippen LogP contribution is -1.95. The molecule has 0 aromatic carbocycles. The third-order valence-electron chi connectivity index (χ3n) is 1.45. The van der Waals surface area contributed by atoms with Crippen molar-refractivity contribution in [1.82, 2.24) is 10.2 Å². The molecule has 0 spiro atoms. The van der Waals surface area contributed by atoms with Crippen LogP contribution in [0.2, 0.25) is 0 Å². The second-order valence-electron chi connectivity index (χ2n) is 2.08. The first-order valence-corrected chi connectivity index (χ1v) is 2.97. The van der Waals surface area contributed by atoms with E-state index >= 15 is 0 Å². The van der Waals surface area contributed by atoms with E-state index in [-0.39, 0.29) is 0 Å². The number of aromatic nitrogens is 2. The summed E-state index contributed by atoms with van der Waals surface area (Å²) in [6.07, 6.45) is 0.614. The lowest BCUT2D eigenvalue weighted by Gasteiger charge is -1.91. The highest BCUT2D eigenvalue weighted by Gasteiger charge is 2.01. The van der Waals surface area contributed by atoms with Gasteiger partial charge < -0.3 is 5.32 Å². The van der Waals surface area contributed by atoms with Crippen molar-refractivity contribution in [3.8, 4) is 0 Å². The first-order valence-electron chi connectivity index (χ1n) is 2.97. The summed E-state index contributed by atoms with van der Waals surface area (Å²) in [6.45, 7) is 3.79. The number of nitrogens with zero attached hydrogens (tertiary/aromatic N) is 1. The molecular weight excluding hydrogens is 130 g/mol. The van der Waals surface area contributed by atoms with Crippen LogP contribution in [-0.2, 0) is 4.79 Å². The second-order valence-corrected chi connectivity index (χ2v) is 2.08. The van der Waals surface area contributed by atoms with Crippen LogP contribution in [-0.4, -0.2) is 16.6 Å². The van der Waals surface area contributed by atoms with E-state index in [1.807, 2.05) is 13.8 Å². The molecule has 0 aliphatic rings. The first kappa shape index (κ1) is 6.80. The van der Waals surface area contributed by atoms with Crippen molar-refractivity contribution in [2.45, 2.75) is 13.8 Å². The highest BCUT2D eigenvalue weighted by atomic mass is 16.1. The molecule has 1 aromatic heterocycles. The number of rotatable bonds is 2. The van der Waals surface area contributed by atoms with Crippen molar-refractivity contribution in [3.05, 3.63) is 11.3 Å². The largest absolute Gasteiger partial charge is 0.312 e. The van der Waals surface area contributed by atoms with E-state index in [9.17, 15) is 4.79 Å². The molecule has 0 radical (unpaired) electrons. The Morgan fingerprint density at radius 3 is 2.70 bits per heavy atom. The SMILES string of the molecule is Cc1[nH]nc(NC=O)c1C. The molecule has 4 nitrogen and oxygen atoms in total. The van der Waals surface area contributed by atoms with Gasteiger partial charge in [-0.1, -0.05) is 0 Å². The summed E-state index contributed by atoms with van der Waals surface area (Å²) in [4.78, 5) is 9.97. The van der Waals surface area contributed by atoms with E-state index < -0.39 is 0 Å². The maximum absolute atomic E-state index is 9.97. The van der Waals surface area contributed by atoms with Crippen molar-refractivity contribution >= 4 is 12.2 Å². The summed E-state index contributed by atoms with van der Waals surface area (Å²) in [5, 5.41) is 9.06. The zero-order valence-electron chi connectivity index (χ0n) is 5.93. The molecule has 1 amide bonds. The molecule has 0 bridgehead atoms. The van der Waals surface area contributed by atoms with Gasteiger partial charge >= 0.3 is 0 Å². The van der Waals surface area contributed by atoms with Crippen LogP contribution < -0.4 is 5.32 Å². The molecule has 4 heteroatoms. The highest BCUT2D eigenvalue weighted by molar-refractivity contribution is 5.70. The smallest absolute Gasteiger partial charge is 0.212 e. The van der Waals surface area contributed by atoms with Crippen LogP contribution in [0.15, 0.2) is 0 Å². The Kier molecular flexibility index (Phi) is 1.71. The quantitative estimate of drug-likeness (QED) is 0.589. The average molecular weight is 139 g/mol. The van der Waals surface area contributed by atoms with Crippen LogP contribution in [0, 0.1) is 13.8 Å². The fraction of sp³-hybridized carbons (Fsp3) is 0.333. The monoisotopic (exact) mass is 139 g/mol. The molecule has 0 aliphatic carbocycles. The first-order chi connectivity index (χ1) is 4.75. The van der Waals surface area contributed by atoms with E-state index in [0.29, 0.717) is 12.2 Å². The van der Waals surface area contributed by atoms with Gasteiger partial charge in [0.25, 0.3) is 0 Å². The van der Waals surface area contributed by atoms with Crippen LogP contribution in [0.4, 0.5) is 5.82 Å². The van der Waals surface area contributed by atoms with Gasteiger partial charge in [0.15, 0.2) is 5.82 Å². The third-order valence-corrected chi connectivity index (χ3v) is 1.45. The second kappa shape index (κ2) is 2.51. The van der Waals surface area contributed by atoms with Gasteiger partial charge in [-0.3, -0.25) is 9.89 Å². The number of hydrogen-bond donors (Lipinski definition) is 2. The van der Waals surface area contributed by atoms with Gasteiger partial charge in [-0.05, 0) is 13.8 Å². The number of amides is 1. The molecule has 0 atom stereocenters. The van der Waals surface area contributed by atoms with Crippen LogP contribution in [0.25, 0.3) is 0 Å². The minimum atomic E-state index is 0.604. The predicted octanol–water partition coefficient (Wildman–Crippen LogP) is 0.595. The molecule has 10 heavy (non-hydrogen) atoms. The summed E-state index contributed by atoms with van der Waals surface area (Å²) in [5.41, 5.74) is 1.96. The molecule has 0 fully saturated rings. The van der Waals surface area contributed by atoms with Gasteiger partial charge in [0.1, 0.15) is 0 Å². The molecule has 1 rings (SSSR count). The fourth-order valence-electron chi connectivity index (χ4n) is 0.681. The Morgan fingerprint density at radius 2 is 2.30 bits per heavy atom. The van der Waals surface area contributed by atoms with Gasteiger partial charge in [-0.15, -0.1) is 0 Å². The number of H-pyrrole nitrogens is 1. The highest BCUT2D eigenvalue weighted by Crippen LogP contribution is 2.11. The molecule has 0 saturated heterocycles. The van der Waals surface area contributed by atoms with Crippen LogP contribution in [0.1, 0.15) is 11.3 Å². The number of carbonyl (C=O) groups is 1. The summed E-state index contributed by atoms with van der Waals surface area (Å²) in [7, 11) is 0. The molecule has 54 valence electrons. The topological polar surface area (TPSA) is 57.8 Å². The Labute approximate surface area is 58.6 Å². The minimum Gasteiger partial charge on any atom is -0.312 e. The Hall–Kier alpha value is -1.32. The summed E-state index contributed by atoms with van der Waals surface area (Å²) in [6, 6.07) is 0. The Bertz CT molecular complexity index is 241. The van der Waals surface area contributed by atoms with Gasteiger partial charge in [0.05, 0.1) is 0 Å². The summed E-state index contributed by atoms with van der Waals surface area (Å²) < 4.78 is 0. The molecule has 0 unspecified atom stereocenters. The molecule has 0 aliphatic heterocycles. The zero-order valence-corrected chi connectivity index (χ0v) is 5.93. The van der Waals surface area contributed by atoms with Gasteiger partial charge in [0.2, 0.25) is 6.41 Å². The van der Waals surface area contributed by atoms with Gasteiger partial charge in [-0.25, -0.2) is 0 Å². The van der Waals surface area contributed by atoms with Crippen LogP contribution in [0.5, 0.6) is 0 Å². The minimum absolute atomic E-state index is 0.604. The molecule has 0 saturated carbocycles. The van der Waals surface area contributed by atoms with E-state index in [2.05, 4.69) is 15.5 Å². The maximum atomic E-state index is 9.97.